The van der Waals surface area contributed by atoms with Gasteiger partial charge in [0, 0.05) is 31.9 Å². The van der Waals surface area contributed by atoms with E-state index in [-0.39, 0.29) is 26.0 Å². The number of carbonyl (C=O) groups excluding carboxylic acids is 3. The summed E-state index contributed by atoms with van der Waals surface area (Å²) in [6.07, 6.45) is 4.22. The minimum atomic E-state index is -3.97. The summed E-state index contributed by atoms with van der Waals surface area (Å²) in [5.74, 6) is -3.42. The van der Waals surface area contributed by atoms with Gasteiger partial charge in [-0.2, -0.15) is 0 Å². The number of amides is 4. The molecule has 0 aromatic heterocycles. The number of methoxy groups -OCH3 is 1. The zero-order valence-corrected chi connectivity index (χ0v) is 24.5. The Kier molecular flexibility index (Phi) is 10.2. The average molecular weight is 599 g/mol. The Morgan fingerprint density at radius 1 is 1.20 bits per heavy atom. The molecule has 0 aromatic carbocycles. The third-order valence-corrected chi connectivity index (χ3v) is 10.5. The van der Waals surface area contributed by atoms with E-state index in [0.29, 0.717) is 25.7 Å². The number of nitrogens with zero attached hydrogens (tertiary/aromatic N) is 1. The second-order valence-electron chi connectivity index (χ2n) is 11.5. The Labute approximate surface area is 240 Å². The molecule has 13 nitrogen and oxygen atoms in total. The number of carbonyl (C=O) groups is 4. The zero-order chi connectivity index (χ0) is 30.6. The van der Waals surface area contributed by atoms with Crippen molar-refractivity contribution in [1.29, 1.82) is 0 Å². The van der Waals surface area contributed by atoms with Gasteiger partial charge in [0.25, 0.3) is 5.91 Å². The minimum Gasteiger partial charge on any atom is -0.465 e. The Bertz CT molecular complexity index is 1160. The molecule has 1 aliphatic heterocycles. The van der Waals surface area contributed by atoms with Crippen LogP contribution in [0.5, 0.6) is 0 Å². The van der Waals surface area contributed by atoms with Gasteiger partial charge >= 0.3 is 6.09 Å². The maximum absolute atomic E-state index is 13.7. The zero-order valence-electron chi connectivity index (χ0n) is 23.6. The normalized spacial score (nSPS) is 27.7. The fourth-order valence-electron chi connectivity index (χ4n) is 5.37. The number of aliphatic hydroxyl groups excluding tert-OH is 1. The molecule has 14 heteroatoms. The number of sulfonamides is 1. The molecule has 3 aliphatic rings. The van der Waals surface area contributed by atoms with E-state index >= 15 is 0 Å². The van der Waals surface area contributed by atoms with Crippen LogP contribution in [0.15, 0.2) is 25.3 Å². The number of unbranched alkanes of at least 4 members (excludes halogenated alkanes) is 2. The van der Waals surface area contributed by atoms with Gasteiger partial charge in [-0.1, -0.05) is 18.6 Å². The quantitative estimate of drug-likeness (QED) is 0.125. The highest BCUT2D eigenvalue weighted by molar-refractivity contribution is 7.91. The highest BCUT2D eigenvalue weighted by atomic mass is 32.2. The number of nitrogens with one attached hydrogen (secondary N) is 3. The molecule has 0 unspecified atom stereocenters. The summed E-state index contributed by atoms with van der Waals surface area (Å²) in [6.45, 7) is 8.75. The second-order valence-corrected chi connectivity index (χ2v) is 13.7. The van der Waals surface area contributed by atoms with Crippen molar-refractivity contribution in [3.8, 4) is 0 Å². The molecule has 1 heterocycles. The first kappa shape index (κ1) is 32.5. The lowest BCUT2D eigenvalue weighted by atomic mass is 9.92. The molecule has 230 valence electrons. The molecule has 2 aliphatic carbocycles. The first-order chi connectivity index (χ1) is 19.2. The lowest BCUT2D eigenvalue weighted by molar-refractivity contribution is -0.142. The number of allylic oxidation sites excluding steroid dienone is 1. The largest absolute Gasteiger partial charge is 0.465 e. The van der Waals surface area contributed by atoms with Gasteiger partial charge in [-0.15, -0.1) is 13.2 Å². The van der Waals surface area contributed by atoms with Gasteiger partial charge in [0.2, 0.25) is 21.8 Å². The van der Waals surface area contributed by atoms with Crippen LogP contribution in [0.25, 0.3) is 0 Å². The van der Waals surface area contributed by atoms with Crippen molar-refractivity contribution >= 4 is 33.8 Å². The molecule has 2 saturated carbocycles. The molecule has 3 fully saturated rings. The predicted octanol–water partition coefficient (Wildman–Crippen LogP) is 0.653. The number of hydrogen-bond donors (Lipinski definition) is 5. The van der Waals surface area contributed by atoms with Crippen LogP contribution in [0.3, 0.4) is 0 Å². The average Bonchev–Trinajstić information content (AvgIpc) is 3.79. The molecular formula is C27H42N4O9S. The van der Waals surface area contributed by atoms with E-state index in [0.717, 1.165) is 17.7 Å². The van der Waals surface area contributed by atoms with Crippen LogP contribution in [-0.4, -0.2) is 96.1 Å². The summed E-state index contributed by atoms with van der Waals surface area (Å²) in [5.41, 5.74) is -1.57. The summed E-state index contributed by atoms with van der Waals surface area (Å²) in [6, 6.07) is -2.46. The van der Waals surface area contributed by atoms with E-state index in [1.165, 1.54) is 20.1 Å². The minimum absolute atomic E-state index is 0.0791. The number of ether oxygens (including phenoxy) is 1. The number of β-amino-alcohol motifs (C(OH)–C–C–N with tert-alkyl or cyclic N) is 1. The van der Waals surface area contributed by atoms with Crippen LogP contribution < -0.4 is 15.4 Å². The molecule has 4 amide bonds. The van der Waals surface area contributed by atoms with Crippen molar-refractivity contribution in [2.24, 2.45) is 11.8 Å². The fourth-order valence-corrected chi connectivity index (χ4v) is 6.68. The van der Waals surface area contributed by atoms with E-state index in [1.807, 2.05) is 0 Å². The van der Waals surface area contributed by atoms with E-state index in [1.54, 1.807) is 6.08 Å². The van der Waals surface area contributed by atoms with Crippen LogP contribution in [0.1, 0.15) is 58.3 Å². The smallest absolute Gasteiger partial charge is 0.405 e. The van der Waals surface area contributed by atoms with Crippen LogP contribution in [-0.2, 0) is 29.1 Å². The van der Waals surface area contributed by atoms with E-state index in [4.69, 9.17) is 4.74 Å². The summed E-state index contributed by atoms with van der Waals surface area (Å²) < 4.78 is 31.7. The Morgan fingerprint density at radius 3 is 2.41 bits per heavy atom. The lowest BCUT2D eigenvalue weighted by Gasteiger charge is -2.32. The number of carboxylic acid groups (broad SMARTS) is 1. The van der Waals surface area contributed by atoms with Crippen LogP contribution in [0.2, 0.25) is 0 Å². The second kappa shape index (κ2) is 12.9. The summed E-state index contributed by atoms with van der Waals surface area (Å²) in [5, 5.41) is 24.8. The SMILES string of the molecule is C=CCCCC[C@@H](COC)[C@H](NC(=O)O)C(=O)N1C[C@H](O)C[C@H]1C(=O)N[C@]1(C(=O)NS(=O)(=O)C2(C)CC2)C[C@H]1C=C. The molecule has 1 saturated heterocycles. The molecule has 5 N–H and O–H groups in total. The third-order valence-electron chi connectivity index (χ3n) is 8.38. The van der Waals surface area contributed by atoms with E-state index < -0.39 is 74.1 Å². The highest BCUT2D eigenvalue weighted by Crippen LogP contribution is 2.47. The van der Waals surface area contributed by atoms with Crippen molar-refractivity contribution in [2.75, 3.05) is 20.3 Å². The van der Waals surface area contributed by atoms with Crippen LogP contribution in [0.4, 0.5) is 4.79 Å². The van der Waals surface area contributed by atoms with Gasteiger partial charge in [0.15, 0.2) is 0 Å². The van der Waals surface area contributed by atoms with Crippen molar-refractivity contribution in [3.63, 3.8) is 0 Å². The molecular weight excluding hydrogens is 556 g/mol. The Morgan fingerprint density at radius 2 is 1.88 bits per heavy atom. The lowest BCUT2D eigenvalue weighted by Crippen LogP contribution is -2.59. The monoisotopic (exact) mass is 598 g/mol. The molecule has 0 radical (unpaired) electrons. The molecule has 41 heavy (non-hydrogen) atoms. The van der Waals surface area contributed by atoms with Gasteiger partial charge in [0.1, 0.15) is 17.6 Å². The van der Waals surface area contributed by atoms with Gasteiger partial charge < -0.3 is 30.5 Å². The van der Waals surface area contributed by atoms with Gasteiger partial charge in [-0.25, -0.2) is 13.2 Å². The Hall–Kier alpha value is -2.97. The topological polar surface area (TPSA) is 191 Å². The predicted molar refractivity (Wildman–Crippen MR) is 149 cm³/mol. The first-order valence-electron chi connectivity index (χ1n) is 13.8. The van der Waals surface area contributed by atoms with Crippen molar-refractivity contribution in [2.45, 2.75) is 86.8 Å². The van der Waals surface area contributed by atoms with Crippen molar-refractivity contribution in [3.05, 3.63) is 25.3 Å². The number of likely N-dealkylation sites (tertiary alicyclic amines) is 1. The molecule has 0 bridgehead atoms. The number of rotatable bonds is 16. The van der Waals surface area contributed by atoms with Crippen LogP contribution in [0, 0.1) is 11.8 Å². The van der Waals surface area contributed by atoms with E-state index in [2.05, 4.69) is 28.5 Å². The van der Waals surface area contributed by atoms with Crippen molar-refractivity contribution < 1.29 is 42.5 Å². The molecule has 0 spiro atoms. The number of hydrogen-bond acceptors (Lipinski definition) is 8. The third kappa shape index (κ3) is 7.28. The van der Waals surface area contributed by atoms with Crippen molar-refractivity contribution in [1.82, 2.24) is 20.3 Å². The fraction of sp³-hybridized carbons (Fsp3) is 0.704. The maximum Gasteiger partial charge on any atom is 0.405 e. The Balaban J connectivity index is 1.80. The summed E-state index contributed by atoms with van der Waals surface area (Å²) in [7, 11) is -2.53. The van der Waals surface area contributed by atoms with Gasteiger partial charge in [-0.05, 0) is 45.4 Å². The number of aliphatic hydroxyl groups is 1. The summed E-state index contributed by atoms with van der Waals surface area (Å²) >= 11 is 0. The molecule has 6 atom stereocenters. The standard InChI is InChI=1S/C27H42N4O9S/c1-5-7-8-9-10-17(16-40-4)21(28-25(36)37)23(34)31-15-19(32)13-20(31)22(33)29-27(14-18(27)6-2)24(35)30-41(38,39)26(3)11-12-26/h5-6,17-21,28,32H,1-2,7-16H2,3-4H3,(H,29,33)(H,30,35)(H,36,37)/t17-,18+,19+,20-,21-,27+/m0/s1. The summed E-state index contributed by atoms with van der Waals surface area (Å²) in [4.78, 5) is 53.2. The van der Waals surface area contributed by atoms with Crippen LogP contribution >= 0.6 is 0 Å². The molecule has 0 aromatic rings. The highest BCUT2D eigenvalue weighted by Gasteiger charge is 2.63. The van der Waals surface area contributed by atoms with Gasteiger partial charge in [0.05, 0.1) is 17.5 Å². The maximum atomic E-state index is 13.7. The van der Waals surface area contributed by atoms with Gasteiger partial charge in [-0.3, -0.25) is 19.1 Å². The molecule has 3 rings (SSSR count). The van der Waals surface area contributed by atoms with E-state index in [9.17, 15) is 37.8 Å². The first-order valence-corrected chi connectivity index (χ1v) is 15.3.